The highest BCUT2D eigenvalue weighted by molar-refractivity contribution is 5.64. The van der Waals surface area contributed by atoms with Gasteiger partial charge in [-0.2, -0.15) is 0 Å². The molecule has 0 bridgehead atoms. The van der Waals surface area contributed by atoms with Crippen LogP contribution in [0.2, 0.25) is 0 Å². The number of aliphatic carboxylic acids is 1. The average molecular weight is 418 g/mol. The third-order valence-corrected chi connectivity index (χ3v) is 6.29. The number of carboxylic acids is 1. The van der Waals surface area contributed by atoms with Gasteiger partial charge >= 0.3 is 0 Å². The molecule has 3 heteroatoms. The number of benzene rings is 1. The number of carbonyl (C=O) groups excluding carboxylic acids is 1. The van der Waals surface area contributed by atoms with E-state index in [0.717, 1.165) is 36.8 Å². The molecule has 0 aromatic heterocycles. The van der Waals surface area contributed by atoms with Gasteiger partial charge in [0, 0.05) is 11.5 Å². The number of nitrogens with zero attached hydrogens (tertiary/aromatic N) is 1. The van der Waals surface area contributed by atoms with E-state index >= 15 is 0 Å². The Labute approximate surface area is 186 Å². The summed E-state index contributed by atoms with van der Waals surface area (Å²) < 4.78 is 1.06. The Kier molecular flexibility index (Phi) is 15.4. The zero-order valence-electron chi connectivity index (χ0n) is 19.9. The molecule has 0 saturated heterocycles. The van der Waals surface area contributed by atoms with Crippen LogP contribution in [0.4, 0.5) is 0 Å². The number of rotatable bonds is 20. The summed E-state index contributed by atoms with van der Waals surface area (Å²) in [7, 11) is 2.38. The number of quaternary nitrogens is 1. The van der Waals surface area contributed by atoms with Gasteiger partial charge in [0.05, 0.1) is 20.1 Å². The minimum Gasteiger partial charge on any atom is -0.550 e. The van der Waals surface area contributed by atoms with Gasteiger partial charge in [-0.15, -0.1) is 0 Å². The fourth-order valence-corrected chi connectivity index (χ4v) is 4.39. The summed E-state index contributed by atoms with van der Waals surface area (Å²) in [6.07, 6.45) is 18.2. The molecule has 1 aromatic rings. The Morgan fingerprint density at radius 1 is 0.733 bits per heavy atom. The maximum absolute atomic E-state index is 10.6. The largest absolute Gasteiger partial charge is 0.550 e. The topological polar surface area (TPSA) is 40.1 Å². The van der Waals surface area contributed by atoms with Gasteiger partial charge in [0.15, 0.2) is 0 Å². The van der Waals surface area contributed by atoms with E-state index in [0.29, 0.717) is 0 Å². The van der Waals surface area contributed by atoms with E-state index in [4.69, 9.17) is 0 Å². The van der Waals surface area contributed by atoms with Crippen molar-refractivity contribution < 1.29 is 14.4 Å². The highest BCUT2D eigenvalue weighted by Gasteiger charge is 2.21. The summed E-state index contributed by atoms with van der Waals surface area (Å²) in [5.74, 6) is -0.919. The van der Waals surface area contributed by atoms with E-state index in [1.165, 1.54) is 82.7 Å². The molecule has 0 aliphatic carbocycles. The molecule has 0 amide bonds. The Hall–Kier alpha value is -1.35. The summed E-state index contributed by atoms with van der Waals surface area (Å²) in [4.78, 5) is 10.6. The lowest BCUT2D eigenvalue weighted by Gasteiger charge is -2.35. The van der Waals surface area contributed by atoms with Crippen molar-refractivity contribution in [2.45, 2.75) is 110 Å². The van der Waals surface area contributed by atoms with E-state index in [2.05, 4.69) is 44.3 Å². The molecular formula is C27H47NO2. The number of hydrogen-bond donors (Lipinski definition) is 0. The molecule has 30 heavy (non-hydrogen) atoms. The SMILES string of the molecule is CCCCCCCCCCCCC[N+](C)(CCCCCC(=O)[O-])Cc1ccccc1. The molecule has 1 rings (SSSR count). The zero-order valence-corrected chi connectivity index (χ0v) is 19.9. The smallest absolute Gasteiger partial charge is 0.104 e. The summed E-state index contributed by atoms with van der Waals surface area (Å²) in [5.41, 5.74) is 1.40. The molecule has 0 saturated carbocycles. The van der Waals surface area contributed by atoms with Crippen LogP contribution in [0.3, 0.4) is 0 Å². The van der Waals surface area contributed by atoms with Crippen molar-refractivity contribution in [3.8, 4) is 0 Å². The Morgan fingerprint density at radius 3 is 1.70 bits per heavy atom. The van der Waals surface area contributed by atoms with Crippen LogP contribution < -0.4 is 5.11 Å². The number of unbranched alkanes of at least 4 members (excludes halogenated alkanes) is 12. The maximum atomic E-state index is 10.6. The first-order valence-electron chi connectivity index (χ1n) is 12.6. The summed E-state index contributed by atoms with van der Waals surface area (Å²) in [5, 5.41) is 10.6. The second-order valence-corrected chi connectivity index (χ2v) is 9.43. The van der Waals surface area contributed by atoms with E-state index < -0.39 is 5.97 Å². The van der Waals surface area contributed by atoms with Crippen molar-refractivity contribution >= 4 is 5.97 Å². The van der Waals surface area contributed by atoms with Crippen LogP contribution in [-0.2, 0) is 11.3 Å². The second kappa shape index (κ2) is 17.3. The summed E-state index contributed by atoms with van der Waals surface area (Å²) in [6.45, 7) is 5.69. The molecule has 172 valence electrons. The van der Waals surface area contributed by atoms with E-state index in [1.807, 2.05) is 0 Å². The van der Waals surface area contributed by atoms with Crippen LogP contribution in [0, 0.1) is 0 Å². The van der Waals surface area contributed by atoms with Crippen molar-refractivity contribution in [2.24, 2.45) is 0 Å². The van der Waals surface area contributed by atoms with Gasteiger partial charge < -0.3 is 14.4 Å². The second-order valence-electron chi connectivity index (χ2n) is 9.43. The molecule has 0 fully saturated rings. The maximum Gasteiger partial charge on any atom is 0.104 e. The van der Waals surface area contributed by atoms with Crippen LogP contribution in [-0.4, -0.2) is 30.6 Å². The fourth-order valence-electron chi connectivity index (χ4n) is 4.39. The quantitative estimate of drug-likeness (QED) is 0.186. The van der Waals surface area contributed by atoms with E-state index in [-0.39, 0.29) is 6.42 Å². The van der Waals surface area contributed by atoms with Crippen LogP contribution in [0.15, 0.2) is 30.3 Å². The molecule has 1 unspecified atom stereocenters. The summed E-state index contributed by atoms with van der Waals surface area (Å²) >= 11 is 0. The molecule has 0 spiro atoms. The minimum atomic E-state index is -0.919. The molecule has 0 aliphatic heterocycles. The first-order valence-corrected chi connectivity index (χ1v) is 12.6. The molecule has 0 radical (unpaired) electrons. The normalized spacial score (nSPS) is 13.3. The lowest BCUT2D eigenvalue weighted by molar-refractivity contribution is -0.923. The zero-order chi connectivity index (χ0) is 21.9. The number of carbonyl (C=O) groups is 1. The monoisotopic (exact) mass is 417 g/mol. The molecule has 3 nitrogen and oxygen atoms in total. The van der Waals surface area contributed by atoms with Crippen LogP contribution >= 0.6 is 0 Å². The van der Waals surface area contributed by atoms with Crippen molar-refractivity contribution in [2.75, 3.05) is 20.1 Å². The Bertz CT molecular complexity index is 531. The van der Waals surface area contributed by atoms with Crippen molar-refractivity contribution in [3.05, 3.63) is 35.9 Å². The van der Waals surface area contributed by atoms with Crippen LogP contribution in [0.5, 0.6) is 0 Å². The van der Waals surface area contributed by atoms with Gasteiger partial charge in [-0.05, 0) is 38.5 Å². The molecule has 1 atom stereocenters. The van der Waals surface area contributed by atoms with Gasteiger partial charge in [-0.3, -0.25) is 0 Å². The van der Waals surface area contributed by atoms with E-state index in [1.54, 1.807) is 0 Å². The fraction of sp³-hybridized carbons (Fsp3) is 0.741. The summed E-state index contributed by atoms with van der Waals surface area (Å²) in [6, 6.07) is 10.8. The predicted octanol–water partition coefficient (Wildman–Crippen LogP) is 6.25. The molecule has 1 aromatic carbocycles. The lowest BCUT2D eigenvalue weighted by atomic mass is 10.1. The number of hydrogen-bond acceptors (Lipinski definition) is 2. The first-order chi connectivity index (χ1) is 14.6. The van der Waals surface area contributed by atoms with Crippen LogP contribution in [0.25, 0.3) is 0 Å². The minimum absolute atomic E-state index is 0.195. The van der Waals surface area contributed by atoms with Gasteiger partial charge in [0.1, 0.15) is 6.54 Å². The molecule has 0 aliphatic rings. The van der Waals surface area contributed by atoms with Gasteiger partial charge in [-0.1, -0.05) is 95.0 Å². The third-order valence-electron chi connectivity index (χ3n) is 6.29. The molecule has 0 heterocycles. The average Bonchev–Trinajstić information content (AvgIpc) is 2.72. The van der Waals surface area contributed by atoms with Crippen molar-refractivity contribution in [3.63, 3.8) is 0 Å². The molecular weight excluding hydrogens is 370 g/mol. The van der Waals surface area contributed by atoms with Crippen molar-refractivity contribution in [1.29, 1.82) is 0 Å². The highest BCUT2D eigenvalue weighted by atomic mass is 16.4. The van der Waals surface area contributed by atoms with Gasteiger partial charge in [0.2, 0.25) is 0 Å². The lowest BCUT2D eigenvalue weighted by Crippen LogP contribution is -2.44. The Balaban J connectivity index is 2.25. The number of carboxylic acid groups (broad SMARTS) is 1. The first kappa shape index (κ1) is 26.7. The predicted molar refractivity (Wildman–Crippen MR) is 126 cm³/mol. The van der Waals surface area contributed by atoms with Crippen LogP contribution in [0.1, 0.15) is 109 Å². The third kappa shape index (κ3) is 14.6. The standard InChI is InChI=1S/C27H47NO2/c1-3-4-5-6-7-8-9-10-11-12-18-23-28(2,24-19-14-17-22-27(29)30)25-26-20-15-13-16-21-26/h13,15-16,20-21H,3-12,14,17-19,22-25H2,1-2H3. The van der Waals surface area contributed by atoms with Crippen molar-refractivity contribution in [1.82, 2.24) is 0 Å². The highest BCUT2D eigenvalue weighted by Crippen LogP contribution is 2.18. The van der Waals surface area contributed by atoms with E-state index in [9.17, 15) is 9.90 Å². The van der Waals surface area contributed by atoms with Gasteiger partial charge in [-0.25, -0.2) is 0 Å². The Morgan fingerprint density at radius 2 is 1.20 bits per heavy atom. The van der Waals surface area contributed by atoms with Gasteiger partial charge in [0.25, 0.3) is 0 Å². The molecule has 0 N–H and O–H groups in total.